The highest BCUT2D eigenvalue weighted by Gasteiger charge is 2.70. The summed E-state index contributed by atoms with van der Waals surface area (Å²) in [6.07, 6.45) is -14.9. The number of halogens is 6. The number of carbonyl (C=O) groups excluding carboxylic acids is 1. The first-order chi connectivity index (χ1) is 12.0. The molecule has 0 aliphatic carbocycles. The Bertz CT molecular complexity index is 512. The van der Waals surface area contributed by atoms with Crippen molar-refractivity contribution < 1.29 is 41.0 Å². The van der Waals surface area contributed by atoms with E-state index in [2.05, 4.69) is 0 Å². The molecule has 1 N–H and O–H groups in total. The van der Waals surface area contributed by atoms with E-state index in [1.807, 2.05) is 20.8 Å². The highest BCUT2D eigenvalue weighted by atomic mass is 19.4. The molecule has 3 atom stereocenters. The Labute approximate surface area is 162 Å². The molecule has 0 radical (unpaired) electrons. The van der Waals surface area contributed by atoms with Crippen LogP contribution in [-0.2, 0) is 9.53 Å². The fraction of sp³-hybridized carbons (Fsp3) is 0.947. The first-order valence-electron chi connectivity index (χ1n) is 9.09. The van der Waals surface area contributed by atoms with E-state index in [0.29, 0.717) is 6.42 Å². The maximum absolute atomic E-state index is 12.8. The summed E-state index contributed by atoms with van der Waals surface area (Å²) in [7, 11) is 0. The molecule has 9 heteroatoms. The highest BCUT2D eigenvalue weighted by molar-refractivity contribution is 5.73. The van der Waals surface area contributed by atoms with Gasteiger partial charge < -0.3 is 9.84 Å². The molecular weight excluding hydrogens is 390 g/mol. The van der Waals surface area contributed by atoms with Crippen molar-refractivity contribution in [2.45, 2.75) is 92.3 Å². The summed E-state index contributed by atoms with van der Waals surface area (Å²) in [4.78, 5) is 12.6. The number of ether oxygens (including phenoxy) is 1. The number of hydrogen-bond acceptors (Lipinski definition) is 3. The van der Waals surface area contributed by atoms with Crippen molar-refractivity contribution in [3.05, 3.63) is 0 Å². The zero-order chi connectivity index (χ0) is 22.9. The second kappa shape index (κ2) is 8.40. The van der Waals surface area contributed by atoms with Gasteiger partial charge in [0.25, 0.3) is 5.60 Å². The van der Waals surface area contributed by atoms with Crippen molar-refractivity contribution in [3.63, 3.8) is 0 Å². The zero-order valence-electron chi connectivity index (χ0n) is 17.7. The Morgan fingerprint density at radius 3 is 1.54 bits per heavy atom. The van der Waals surface area contributed by atoms with Gasteiger partial charge in [0.2, 0.25) is 0 Å². The van der Waals surface area contributed by atoms with Gasteiger partial charge in [-0.25, -0.2) is 0 Å². The SMILES string of the molecule is CC(CC(O)(C(F)(F)F)C(F)(F)F)OC(=O)C(C(C)CC(C)(C)C)C(C)(C)C. The molecule has 3 unspecified atom stereocenters. The smallest absolute Gasteiger partial charge is 0.426 e. The molecule has 3 nitrogen and oxygen atoms in total. The predicted octanol–water partition coefficient (Wildman–Crippen LogP) is 5.90. The van der Waals surface area contributed by atoms with Crippen molar-refractivity contribution in [1.29, 1.82) is 0 Å². The van der Waals surface area contributed by atoms with Gasteiger partial charge in [-0.2, -0.15) is 26.3 Å². The number of carbonyl (C=O) groups is 1. The average Bonchev–Trinajstić information content (AvgIpc) is 2.30. The molecule has 0 bridgehead atoms. The molecule has 0 aromatic rings. The lowest BCUT2D eigenvalue weighted by Gasteiger charge is -2.38. The van der Waals surface area contributed by atoms with Crippen LogP contribution in [0.25, 0.3) is 0 Å². The number of rotatable bonds is 6. The van der Waals surface area contributed by atoms with E-state index in [1.165, 1.54) is 0 Å². The second-order valence-corrected chi connectivity index (χ2v) is 9.89. The van der Waals surface area contributed by atoms with E-state index in [1.54, 1.807) is 27.7 Å². The van der Waals surface area contributed by atoms with Gasteiger partial charge in [0, 0.05) is 6.42 Å². The summed E-state index contributed by atoms with van der Waals surface area (Å²) in [5.41, 5.74) is -5.71. The summed E-state index contributed by atoms with van der Waals surface area (Å²) in [5.74, 6) is -1.83. The molecule has 0 amide bonds. The quantitative estimate of drug-likeness (QED) is 0.428. The van der Waals surface area contributed by atoms with Gasteiger partial charge in [0.15, 0.2) is 0 Å². The number of hydrogen-bond donors (Lipinski definition) is 1. The molecule has 0 aliphatic rings. The molecule has 168 valence electrons. The average molecular weight is 422 g/mol. The minimum atomic E-state index is -5.95. The van der Waals surface area contributed by atoms with Gasteiger partial charge in [0.05, 0.1) is 5.92 Å². The van der Waals surface area contributed by atoms with E-state index >= 15 is 0 Å². The maximum atomic E-state index is 12.8. The summed E-state index contributed by atoms with van der Waals surface area (Å²) in [5, 5.41) is 9.29. The molecule has 28 heavy (non-hydrogen) atoms. The second-order valence-electron chi connectivity index (χ2n) is 9.89. The van der Waals surface area contributed by atoms with Gasteiger partial charge in [0.1, 0.15) is 6.10 Å². The summed E-state index contributed by atoms with van der Waals surface area (Å²) < 4.78 is 82.1. The Morgan fingerprint density at radius 1 is 0.857 bits per heavy atom. The van der Waals surface area contributed by atoms with Crippen molar-refractivity contribution in [2.75, 3.05) is 0 Å². The third-order valence-electron chi connectivity index (χ3n) is 4.53. The van der Waals surface area contributed by atoms with E-state index in [4.69, 9.17) is 4.74 Å². The third-order valence-corrected chi connectivity index (χ3v) is 4.53. The van der Waals surface area contributed by atoms with Crippen LogP contribution in [0, 0.1) is 22.7 Å². The van der Waals surface area contributed by atoms with Crippen LogP contribution in [0.3, 0.4) is 0 Å². The van der Waals surface area contributed by atoms with Crippen LogP contribution >= 0.6 is 0 Å². The summed E-state index contributed by atoms with van der Waals surface area (Å²) in [6, 6.07) is 0. The predicted molar refractivity (Wildman–Crippen MR) is 93.4 cm³/mol. The molecule has 0 fully saturated rings. The van der Waals surface area contributed by atoms with Gasteiger partial charge in [-0.3, -0.25) is 4.79 Å². The number of aliphatic hydroxyl groups is 1. The van der Waals surface area contributed by atoms with Crippen LogP contribution in [0.4, 0.5) is 26.3 Å². The first kappa shape index (κ1) is 27.0. The summed E-state index contributed by atoms with van der Waals surface area (Å²) in [6.45, 7) is 13.9. The first-order valence-corrected chi connectivity index (χ1v) is 9.09. The Hall–Kier alpha value is -0.990. The van der Waals surface area contributed by atoms with Crippen molar-refractivity contribution in [3.8, 4) is 0 Å². The molecule has 0 saturated carbocycles. The van der Waals surface area contributed by atoms with Gasteiger partial charge in [-0.05, 0) is 30.1 Å². The van der Waals surface area contributed by atoms with E-state index in [9.17, 15) is 36.2 Å². The fourth-order valence-corrected chi connectivity index (χ4v) is 3.64. The van der Waals surface area contributed by atoms with Gasteiger partial charge in [-0.15, -0.1) is 0 Å². The molecular formula is C19H32F6O3. The Balaban J connectivity index is 5.53. The van der Waals surface area contributed by atoms with E-state index < -0.39 is 47.8 Å². The lowest BCUT2D eigenvalue weighted by molar-refractivity contribution is -0.373. The minimum Gasteiger partial charge on any atom is -0.462 e. The lowest BCUT2D eigenvalue weighted by atomic mass is 9.69. The molecule has 0 saturated heterocycles. The van der Waals surface area contributed by atoms with Crippen LogP contribution < -0.4 is 0 Å². The Kier molecular flexibility index (Phi) is 8.10. The van der Waals surface area contributed by atoms with Crippen LogP contribution in [-0.4, -0.2) is 35.1 Å². The molecule has 0 aromatic carbocycles. The monoisotopic (exact) mass is 422 g/mol. The van der Waals surface area contributed by atoms with Crippen molar-refractivity contribution >= 4 is 5.97 Å². The number of alkyl halides is 6. The van der Waals surface area contributed by atoms with Crippen LogP contribution in [0.2, 0.25) is 0 Å². The summed E-state index contributed by atoms with van der Waals surface area (Å²) >= 11 is 0. The molecule has 0 aliphatic heterocycles. The minimum absolute atomic E-state index is 0.137. The van der Waals surface area contributed by atoms with E-state index in [-0.39, 0.29) is 11.3 Å². The lowest BCUT2D eigenvalue weighted by Crippen LogP contribution is -2.58. The third kappa shape index (κ3) is 7.12. The molecule has 0 heterocycles. The highest BCUT2D eigenvalue weighted by Crippen LogP contribution is 2.46. The van der Waals surface area contributed by atoms with Crippen molar-refractivity contribution in [2.24, 2.45) is 22.7 Å². The fourth-order valence-electron chi connectivity index (χ4n) is 3.64. The Morgan fingerprint density at radius 2 is 1.25 bits per heavy atom. The van der Waals surface area contributed by atoms with Gasteiger partial charge >= 0.3 is 18.3 Å². The van der Waals surface area contributed by atoms with E-state index in [0.717, 1.165) is 6.92 Å². The zero-order valence-corrected chi connectivity index (χ0v) is 17.7. The standard InChI is InChI=1S/C19H32F6O3/c1-11(9-15(3,4)5)13(16(6,7)8)14(26)28-12(2)10-17(27,18(20,21)22)19(23,24)25/h11-13,27H,9-10H2,1-8H3. The molecule has 0 rings (SSSR count). The largest absolute Gasteiger partial charge is 0.462 e. The maximum Gasteiger partial charge on any atom is 0.426 e. The van der Waals surface area contributed by atoms with Crippen molar-refractivity contribution in [1.82, 2.24) is 0 Å². The van der Waals surface area contributed by atoms with Crippen LogP contribution in [0.1, 0.15) is 68.2 Å². The molecule has 0 aromatic heterocycles. The number of esters is 1. The topological polar surface area (TPSA) is 46.5 Å². The van der Waals surface area contributed by atoms with Crippen LogP contribution in [0.5, 0.6) is 0 Å². The normalized spacial score (nSPS) is 17.8. The van der Waals surface area contributed by atoms with Gasteiger partial charge in [-0.1, -0.05) is 48.5 Å². The molecule has 0 spiro atoms. The van der Waals surface area contributed by atoms with Crippen LogP contribution in [0.15, 0.2) is 0 Å².